The number of anilines is 1. The number of nitriles is 1. The van der Waals surface area contributed by atoms with Gasteiger partial charge in [-0.15, -0.1) is 0 Å². The average Bonchev–Trinajstić information content (AvgIpc) is 2.86. The van der Waals surface area contributed by atoms with Gasteiger partial charge in [0.2, 0.25) is 11.5 Å². The van der Waals surface area contributed by atoms with E-state index in [0.717, 1.165) is 34.5 Å². The molecule has 0 saturated heterocycles. The van der Waals surface area contributed by atoms with E-state index < -0.39 is 0 Å². The van der Waals surface area contributed by atoms with Crippen LogP contribution in [-0.2, 0) is 0 Å². The van der Waals surface area contributed by atoms with Crippen molar-refractivity contribution < 1.29 is 4.40 Å². The predicted octanol–water partition coefficient (Wildman–Crippen LogP) is 3.30. The summed E-state index contributed by atoms with van der Waals surface area (Å²) in [6.07, 6.45) is 1.05. The highest BCUT2D eigenvalue weighted by Gasteiger charge is 2.20. The van der Waals surface area contributed by atoms with Crippen LogP contribution in [-0.4, -0.2) is 11.0 Å². The third-order valence-corrected chi connectivity index (χ3v) is 3.97. The number of nitrogens with zero attached hydrogens (tertiary/aromatic N) is 2. The first-order valence-corrected chi connectivity index (χ1v) is 7.28. The Labute approximate surface area is 124 Å². The zero-order valence-electron chi connectivity index (χ0n) is 12.6. The summed E-state index contributed by atoms with van der Waals surface area (Å²) in [5.41, 5.74) is 4.64. The number of para-hydroxylation sites is 2. The fourth-order valence-corrected chi connectivity index (χ4v) is 2.63. The van der Waals surface area contributed by atoms with E-state index in [9.17, 15) is 5.26 Å². The molecule has 1 atom stereocenters. The molecular weight excluding hydrogens is 260 g/mol. The largest absolute Gasteiger partial charge is 0.303 e. The minimum absolute atomic E-state index is 0.377. The minimum atomic E-state index is 0.377. The number of hydrogen-bond acceptors (Lipinski definition) is 2. The van der Waals surface area contributed by atoms with Crippen LogP contribution in [0.25, 0.3) is 16.7 Å². The second-order valence-corrected chi connectivity index (χ2v) is 5.48. The highest BCUT2D eigenvalue weighted by atomic mass is 15.1. The van der Waals surface area contributed by atoms with Crippen LogP contribution in [0.1, 0.15) is 31.4 Å². The molecule has 4 nitrogen and oxygen atoms in total. The molecule has 21 heavy (non-hydrogen) atoms. The summed E-state index contributed by atoms with van der Waals surface area (Å²) in [6.45, 7) is 6.30. The van der Waals surface area contributed by atoms with Crippen molar-refractivity contribution in [1.82, 2.24) is 4.98 Å². The van der Waals surface area contributed by atoms with Crippen molar-refractivity contribution in [3.8, 4) is 6.07 Å². The number of nitrogens with one attached hydrogen (secondary N) is 2. The second kappa shape index (κ2) is 5.10. The first-order valence-electron chi connectivity index (χ1n) is 7.28. The molecule has 0 aliphatic carbocycles. The molecule has 0 saturated carbocycles. The lowest BCUT2D eigenvalue weighted by molar-refractivity contribution is -0.465. The SMILES string of the molecule is CCC(C)Nc1cc(C)c(C#N)c2[nH]c3ccccc3[n+]12. The number of hydrogen-bond donors (Lipinski definition) is 2. The molecule has 0 aliphatic heterocycles. The van der Waals surface area contributed by atoms with E-state index in [4.69, 9.17) is 0 Å². The van der Waals surface area contributed by atoms with Crippen LogP contribution in [0.15, 0.2) is 30.3 Å². The van der Waals surface area contributed by atoms with E-state index >= 15 is 0 Å². The van der Waals surface area contributed by atoms with Gasteiger partial charge in [0.1, 0.15) is 22.7 Å². The molecule has 0 amide bonds. The number of imidazole rings is 1. The van der Waals surface area contributed by atoms with Crippen LogP contribution >= 0.6 is 0 Å². The van der Waals surface area contributed by atoms with E-state index in [1.165, 1.54) is 0 Å². The number of aromatic nitrogens is 2. The number of pyridine rings is 1. The lowest BCUT2D eigenvalue weighted by Gasteiger charge is -2.10. The highest BCUT2D eigenvalue weighted by Crippen LogP contribution is 2.20. The molecule has 106 valence electrons. The zero-order valence-corrected chi connectivity index (χ0v) is 12.6. The van der Waals surface area contributed by atoms with Gasteiger partial charge in [-0.3, -0.25) is 4.98 Å². The fraction of sp³-hybridized carbons (Fsp3) is 0.294. The molecule has 0 spiro atoms. The molecule has 0 fully saturated rings. The van der Waals surface area contributed by atoms with Gasteiger partial charge < -0.3 is 5.32 Å². The maximum Gasteiger partial charge on any atom is 0.250 e. The van der Waals surface area contributed by atoms with Crippen molar-refractivity contribution in [2.45, 2.75) is 33.2 Å². The maximum atomic E-state index is 9.46. The summed E-state index contributed by atoms with van der Waals surface area (Å²) < 4.78 is 2.10. The third-order valence-electron chi connectivity index (χ3n) is 3.97. The first kappa shape index (κ1) is 13.4. The number of rotatable bonds is 3. The monoisotopic (exact) mass is 279 g/mol. The summed E-state index contributed by atoms with van der Waals surface area (Å²) >= 11 is 0. The number of aryl methyl sites for hydroxylation is 1. The third kappa shape index (κ3) is 2.11. The zero-order chi connectivity index (χ0) is 15.0. The van der Waals surface area contributed by atoms with Gasteiger partial charge in [0.15, 0.2) is 0 Å². The molecule has 2 heterocycles. The molecular formula is C17H19N4+. The Hall–Kier alpha value is -2.54. The summed E-state index contributed by atoms with van der Waals surface area (Å²) in [5, 5.41) is 13.0. The van der Waals surface area contributed by atoms with E-state index in [2.05, 4.69) is 46.8 Å². The second-order valence-electron chi connectivity index (χ2n) is 5.48. The standard InChI is InChI=1S/C17H18N4/c1-4-12(3)19-16-9-11(2)13(10-18)17-20-14-7-5-6-8-15(14)21(16)17/h5-9,12H,4H2,1-3H3,(H,19,20)/p+1. The normalized spacial score (nSPS) is 12.5. The van der Waals surface area contributed by atoms with Gasteiger partial charge in [0.25, 0.3) is 0 Å². The lowest BCUT2D eigenvalue weighted by Crippen LogP contribution is -2.30. The van der Waals surface area contributed by atoms with Gasteiger partial charge in [-0.1, -0.05) is 19.1 Å². The quantitative estimate of drug-likeness (QED) is 0.723. The molecule has 0 bridgehead atoms. The number of benzene rings is 1. The van der Waals surface area contributed by atoms with Crippen LogP contribution in [0.5, 0.6) is 0 Å². The van der Waals surface area contributed by atoms with Crippen LogP contribution < -0.4 is 9.72 Å². The smallest absolute Gasteiger partial charge is 0.250 e. The highest BCUT2D eigenvalue weighted by molar-refractivity contribution is 5.77. The van der Waals surface area contributed by atoms with E-state index in [-0.39, 0.29) is 0 Å². The van der Waals surface area contributed by atoms with Crippen molar-refractivity contribution in [3.63, 3.8) is 0 Å². The summed E-state index contributed by atoms with van der Waals surface area (Å²) in [7, 11) is 0. The van der Waals surface area contributed by atoms with Crippen LogP contribution in [0.4, 0.5) is 5.82 Å². The molecule has 2 N–H and O–H groups in total. The van der Waals surface area contributed by atoms with Crippen molar-refractivity contribution in [2.24, 2.45) is 0 Å². The number of H-pyrrole nitrogens is 1. The topological polar surface area (TPSA) is 55.7 Å². The van der Waals surface area contributed by atoms with E-state index in [1.807, 2.05) is 25.1 Å². The van der Waals surface area contributed by atoms with Crippen LogP contribution in [0, 0.1) is 18.3 Å². The van der Waals surface area contributed by atoms with Gasteiger partial charge in [-0.25, -0.2) is 0 Å². The fourth-order valence-electron chi connectivity index (χ4n) is 2.63. The predicted molar refractivity (Wildman–Crippen MR) is 84.3 cm³/mol. The summed E-state index contributed by atoms with van der Waals surface area (Å²) in [5.74, 6) is 1.02. The Morgan fingerprint density at radius 3 is 2.86 bits per heavy atom. The number of fused-ring (bicyclic) bond motifs is 3. The molecule has 0 radical (unpaired) electrons. The lowest BCUT2D eigenvalue weighted by atomic mass is 10.1. The van der Waals surface area contributed by atoms with Gasteiger partial charge in [0.05, 0.1) is 6.04 Å². The van der Waals surface area contributed by atoms with Crippen LogP contribution in [0.2, 0.25) is 0 Å². The van der Waals surface area contributed by atoms with Gasteiger partial charge in [-0.05, 0) is 38.0 Å². The summed E-state index contributed by atoms with van der Waals surface area (Å²) in [6, 6.07) is 12.9. The average molecular weight is 279 g/mol. The van der Waals surface area contributed by atoms with Crippen molar-refractivity contribution >= 4 is 22.5 Å². The Bertz CT molecular complexity index is 854. The van der Waals surface area contributed by atoms with Crippen molar-refractivity contribution in [1.29, 1.82) is 5.26 Å². The Balaban J connectivity index is 2.39. The Kier molecular flexibility index (Phi) is 3.26. The van der Waals surface area contributed by atoms with Gasteiger partial charge in [0, 0.05) is 6.07 Å². The van der Waals surface area contributed by atoms with Crippen molar-refractivity contribution in [3.05, 3.63) is 41.5 Å². The molecule has 0 aliphatic rings. The maximum absolute atomic E-state index is 9.46. The van der Waals surface area contributed by atoms with Crippen LogP contribution in [0.3, 0.4) is 0 Å². The summed E-state index contributed by atoms with van der Waals surface area (Å²) in [4.78, 5) is 3.37. The molecule has 4 heteroatoms. The first-order chi connectivity index (χ1) is 10.2. The Morgan fingerprint density at radius 1 is 1.38 bits per heavy atom. The molecule has 3 aromatic rings. The molecule has 1 aromatic carbocycles. The molecule has 2 aromatic heterocycles. The Morgan fingerprint density at radius 2 is 2.14 bits per heavy atom. The van der Waals surface area contributed by atoms with Crippen molar-refractivity contribution in [2.75, 3.05) is 5.32 Å². The van der Waals surface area contributed by atoms with Gasteiger partial charge in [-0.2, -0.15) is 9.66 Å². The minimum Gasteiger partial charge on any atom is -0.303 e. The number of aromatic amines is 1. The molecule has 1 unspecified atom stereocenters. The molecule has 3 rings (SSSR count). The van der Waals surface area contributed by atoms with E-state index in [1.54, 1.807) is 0 Å². The van der Waals surface area contributed by atoms with E-state index in [0.29, 0.717) is 11.6 Å². The van der Waals surface area contributed by atoms with Gasteiger partial charge >= 0.3 is 0 Å².